The highest BCUT2D eigenvalue weighted by Crippen LogP contribution is 2.28. The van der Waals surface area contributed by atoms with E-state index in [1.165, 1.54) is 22.5 Å². The molecule has 0 radical (unpaired) electrons. The van der Waals surface area contributed by atoms with Gasteiger partial charge in [0, 0.05) is 24.7 Å². The maximum absolute atomic E-state index is 12.4. The lowest BCUT2D eigenvalue weighted by Gasteiger charge is -2.23. The van der Waals surface area contributed by atoms with Gasteiger partial charge in [-0.2, -0.15) is 4.31 Å². The molecule has 1 aliphatic heterocycles. The van der Waals surface area contributed by atoms with Crippen LogP contribution in [0.3, 0.4) is 0 Å². The van der Waals surface area contributed by atoms with Crippen molar-refractivity contribution >= 4 is 45.6 Å². The van der Waals surface area contributed by atoms with Crippen LogP contribution in [0.2, 0.25) is 10.0 Å². The van der Waals surface area contributed by atoms with E-state index in [1.54, 1.807) is 7.05 Å². The van der Waals surface area contributed by atoms with E-state index in [-0.39, 0.29) is 28.4 Å². The van der Waals surface area contributed by atoms with Gasteiger partial charge in [-0.25, -0.2) is 8.42 Å². The minimum atomic E-state index is -3.57. The molecule has 4 nitrogen and oxygen atoms in total. The second-order valence-electron chi connectivity index (χ2n) is 4.24. The monoisotopic (exact) mass is 344 g/mol. The van der Waals surface area contributed by atoms with Crippen LogP contribution in [-0.4, -0.2) is 38.9 Å². The molecule has 1 unspecified atom stereocenters. The van der Waals surface area contributed by atoms with Crippen molar-refractivity contribution in [2.24, 2.45) is 0 Å². The van der Waals surface area contributed by atoms with E-state index < -0.39 is 10.0 Å². The lowest BCUT2D eigenvalue weighted by Crippen LogP contribution is -2.38. The van der Waals surface area contributed by atoms with Gasteiger partial charge in [-0.1, -0.05) is 23.2 Å². The summed E-state index contributed by atoms with van der Waals surface area (Å²) in [7, 11) is -1.99. The molecule has 0 saturated carbocycles. The van der Waals surface area contributed by atoms with Gasteiger partial charge in [0.05, 0.1) is 5.02 Å². The van der Waals surface area contributed by atoms with Crippen molar-refractivity contribution in [1.82, 2.24) is 9.62 Å². The van der Waals surface area contributed by atoms with Gasteiger partial charge >= 0.3 is 0 Å². The molecule has 1 saturated heterocycles. The SMILES string of the molecule is CN(C1CCNC1)S(=O)(=O)c1ccc(Cl)cc1Cl.Cl. The molecule has 19 heavy (non-hydrogen) atoms. The highest BCUT2D eigenvalue weighted by atomic mass is 35.5. The third kappa shape index (κ3) is 3.54. The first kappa shape index (κ1) is 17.0. The summed E-state index contributed by atoms with van der Waals surface area (Å²) in [6.07, 6.45) is 0.806. The largest absolute Gasteiger partial charge is 0.315 e. The van der Waals surface area contributed by atoms with Crippen LogP contribution < -0.4 is 5.32 Å². The van der Waals surface area contributed by atoms with Crippen LogP contribution in [0.15, 0.2) is 23.1 Å². The van der Waals surface area contributed by atoms with Crippen LogP contribution >= 0.6 is 35.6 Å². The van der Waals surface area contributed by atoms with E-state index in [1.807, 2.05) is 0 Å². The van der Waals surface area contributed by atoms with E-state index in [2.05, 4.69) is 5.32 Å². The predicted octanol–water partition coefficient (Wildman–Crippen LogP) is 2.40. The molecule has 1 aromatic rings. The van der Waals surface area contributed by atoms with Crippen molar-refractivity contribution in [3.05, 3.63) is 28.2 Å². The number of nitrogens with zero attached hydrogens (tertiary/aromatic N) is 1. The van der Waals surface area contributed by atoms with E-state index in [4.69, 9.17) is 23.2 Å². The Labute approximate surface area is 129 Å². The van der Waals surface area contributed by atoms with E-state index in [0.717, 1.165) is 13.0 Å². The zero-order chi connectivity index (χ0) is 13.3. The predicted molar refractivity (Wildman–Crippen MR) is 79.9 cm³/mol. The third-order valence-corrected chi connectivity index (χ3v) is 5.73. The lowest BCUT2D eigenvalue weighted by atomic mass is 10.3. The maximum Gasteiger partial charge on any atom is 0.244 e. The van der Waals surface area contributed by atoms with E-state index in [0.29, 0.717) is 11.6 Å². The summed E-state index contributed by atoms with van der Waals surface area (Å²) in [6.45, 7) is 1.50. The molecule has 0 spiro atoms. The standard InChI is InChI=1S/C11H14Cl2N2O2S.ClH/c1-15(9-4-5-14-7-9)18(16,17)11-3-2-8(12)6-10(11)13;/h2-3,6,9,14H,4-5,7H2,1H3;1H. The minimum absolute atomic E-state index is 0. The van der Waals surface area contributed by atoms with Gasteiger partial charge in [-0.3, -0.25) is 0 Å². The summed E-state index contributed by atoms with van der Waals surface area (Å²) < 4.78 is 26.2. The topological polar surface area (TPSA) is 49.4 Å². The first-order chi connectivity index (χ1) is 8.43. The molecule has 2 rings (SSSR count). The zero-order valence-electron chi connectivity index (χ0n) is 10.3. The lowest BCUT2D eigenvalue weighted by molar-refractivity contribution is 0.388. The average Bonchev–Trinajstić information content (AvgIpc) is 2.80. The molecular formula is C11H15Cl3N2O2S. The number of rotatable bonds is 3. The first-order valence-corrected chi connectivity index (χ1v) is 7.76. The summed E-state index contributed by atoms with van der Waals surface area (Å²) in [6, 6.07) is 4.39. The van der Waals surface area contributed by atoms with Crippen molar-refractivity contribution in [2.45, 2.75) is 17.4 Å². The number of nitrogens with one attached hydrogen (secondary N) is 1. The van der Waals surface area contributed by atoms with Gasteiger partial charge in [-0.15, -0.1) is 12.4 Å². The number of sulfonamides is 1. The zero-order valence-corrected chi connectivity index (χ0v) is 13.4. The van der Waals surface area contributed by atoms with Crippen molar-refractivity contribution < 1.29 is 8.42 Å². The number of benzene rings is 1. The summed E-state index contributed by atoms with van der Waals surface area (Å²) in [4.78, 5) is 0.1000. The summed E-state index contributed by atoms with van der Waals surface area (Å²) in [5.74, 6) is 0. The fraction of sp³-hybridized carbons (Fsp3) is 0.455. The minimum Gasteiger partial charge on any atom is -0.315 e. The van der Waals surface area contributed by atoms with Crippen molar-refractivity contribution in [3.8, 4) is 0 Å². The molecule has 0 aromatic heterocycles. The Balaban J connectivity index is 0.00000180. The molecule has 1 atom stereocenters. The molecule has 8 heteroatoms. The molecule has 108 valence electrons. The molecule has 1 fully saturated rings. The van der Waals surface area contributed by atoms with Gasteiger partial charge in [0.15, 0.2) is 0 Å². The maximum atomic E-state index is 12.4. The Bertz CT molecular complexity index is 545. The molecule has 1 aromatic carbocycles. The van der Waals surface area contributed by atoms with Gasteiger partial charge in [0.2, 0.25) is 10.0 Å². The van der Waals surface area contributed by atoms with Crippen LogP contribution in [0.5, 0.6) is 0 Å². The van der Waals surface area contributed by atoms with Gasteiger partial charge in [-0.05, 0) is 31.2 Å². The number of hydrogen-bond acceptors (Lipinski definition) is 3. The fourth-order valence-corrected chi connectivity index (χ4v) is 4.11. The van der Waals surface area contributed by atoms with Crippen molar-refractivity contribution in [2.75, 3.05) is 20.1 Å². The molecule has 1 aliphatic rings. The first-order valence-electron chi connectivity index (χ1n) is 5.57. The Morgan fingerprint density at radius 1 is 1.37 bits per heavy atom. The Morgan fingerprint density at radius 2 is 2.05 bits per heavy atom. The summed E-state index contributed by atoms with van der Waals surface area (Å²) in [5, 5.41) is 3.71. The highest BCUT2D eigenvalue weighted by molar-refractivity contribution is 7.89. The molecular weight excluding hydrogens is 331 g/mol. The smallest absolute Gasteiger partial charge is 0.244 e. The fourth-order valence-electron chi connectivity index (χ4n) is 1.99. The van der Waals surface area contributed by atoms with Crippen LogP contribution in [0.4, 0.5) is 0 Å². The number of hydrogen-bond donors (Lipinski definition) is 1. The third-order valence-electron chi connectivity index (χ3n) is 3.10. The molecule has 1 N–H and O–H groups in total. The average molecular weight is 346 g/mol. The Morgan fingerprint density at radius 3 is 2.58 bits per heavy atom. The Hall–Kier alpha value is -0.0400. The highest BCUT2D eigenvalue weighted by Gasteiger charge is 2.31. The van der Waals surface area contributed by atoms with Crippen LogP contribution in [-0.2, 0) is 10.0 Å². The van der Waals surface area contributed by atoms with Crippen molar-refractivity contribution in [1.29, 1.82) is 0 Å². The van der Waals surface area contributed by atoms with Gasteiger partial charge < -0.3 is 5.32 Å². The van der Waals surface area contributed by atoms with Gasteiger partial charge in [0.25, 0.3) is 0 Å². The van der Waals surface area contributed by atoms with Crippen LogP contribution in [0, 0.1) is 0 Å². The molecule has 0 amide bonds. The van der Waals surface area contributed by atoms with Crippen LogP contribution in [0.25, 0.3) is 0 Å². The molecule has 0 aliphatic carbocycles. The number of likely N-dealkylation sites (N-methyl/N-ethyl adjacent to an activating group) is 1. The van der Waals surface area contributed by atoms with Gasteiger partial charge in [0.1, 0.15) is 4.90 Å². The summed E-state index contributed by atoms with van der Waals surface area (Å²) in [5.41, 5.74) is 0. The normalized spacial score (nSPS) is 19.5. The van der Waals surface area contributed by atoms with Crippen LogP contribution in [0.1, 0.15) is 6.42 Å². The molecule has 1 heterocycles. The quantitative estimate of drug-likeness (QED) is 0.915. The van der Waals surface area contributed by atoms with E-state index >= 15 is 0 Å². The summed E-state index contributed by atoms with van der Waals surface area (Å²) >= 11 is 11.7. The van der Waals surface area contributed by atoms with Crippen molar-refractivity contribution in [3.63, 3.8) is 0 Å². The number of halogens is 3. The Kier molecular flexibility index (Phi) is 5.92. The second-order valence-corrected chi connectivity index (χ2v) is 7.05. The van der Waals surface area contributed by atoms with E-state index in [9.17, 15) is 8.42 Å². The molecule has 0 bridgehead atoms. The second kappa shape index (κ2) is 6.61.